The summed E-state index contributed by atoms with van der Waals surface area (Å²) in [5, 5.41) is 6.65. The molecular formula is C18H26N4O2. The monoisotopic (exact) mass is 330 g/mol. The zero-order chi connectivity index (χ0) is 16.8. The predicted octanol–water partition coefficient (Wildman–Crippen LogP) is 1.53. The Hall–Kier alpha value is -2.08. The molecule has 0 aromatic heterocycles. The standard InChI is InChI=1S/C18H26N4O2/c1-2-19-18(20-12-16-9-6-10-24-16)21-14-11-17(23)22(13-14)15-7-4-3-5-8-15/h3-5,7-8,14,16H,2,6,9-13H2,1H3,(H2,19,20,21). The second-order valence-electron chi connectivity index (χ2n) is 6.24. The van der Waals surface area contributed by atoms with Crippen LogP contribution in [0.4, 0.5) is 5.69 Å². The number of rotatable bonds is 5. The van der Waals surface area contributed by atoms with Crippen LogP contribution in [0.2, 0.25) is 0 Å². The largest absolute Gasteiger partial charge is 0.376 e. The Kier molecular flexibility index (Phi) is 5.69. The lowest BCUT2D eigenvalue weighted by Crippen LogP contribution is -2.45. The number of carbonyl (C=O) groups excluding carboxylic acids is 1. The van der Waals surface area contributed by atoms with E-state index < -0.39 is 0 Å². The molecule has 2 heterocycles. The lowest BCUT2D eigenvalue weighted by molar-refractivity contribution is -0.117. The Labute approximate surface area is 143 Å². The average molecular weight is 330 g/mol. The fourth-order valence-corrected chi connectivity index (χ4v) is 3.16. The van der Waals surface area contributed by atoms with E-state index in [0.29, 0.717) is 19.5 Å². The van der Waals surface area contributed by atoms with E-state index in [2.05, 4.69) is 15.6 Å². The van der Waals surface area contributed by atoms with Gasteiger partial charge in [-0.3, -0.25) is 9.79 Å². The minimum absolute atomic E-state index is 0.0694. The summed E-state index contributed by atoms with van der Waals surface area (Å²) in [6.07, 6.45) is 2.91. The molecule has 2 aliphatic rings. The number of benzene rings is 1. The molecule has 0 bridgehead atoms. The van der Waals surface area contributed by atoms with Gasteiger partial charge >= 0.3 is 0 Å². The first-order valence-electron chi connectivity index (χ1n) is 8.78. The quantitative estimate of drug-likeness (QED) is 0.635. The van der Waals surface area contributed by atoms with Gasteiger partial charge in [-0.25, -0.2) is 0 Å². The van der Waals surface area contributed by atoms with Crippen molar-refractivity contribution in [1.29, 1.82) is 0 Å². The fourth-order valence-electron chi connectivity index (χ4n) is 3.16. The summed E-state index contributed by atoms with van der Waals surface area (Å²) < 4.78 is 5.62. The Bertz CT molecular complexity index is 570. The summed E-state index contributed by atoms with van der Waals surface area (Å²) >= 11 is 0. The molecule has 0 saturated carbocycles. The van der Waals surface area contributed by atoms with E-state index in [1.54, 1.807) is 0 Å². The average Bonchev–Trinajstić information content (AvgIpc) is 3.23. The normalized spacial score (nSPS) is 24.5. The smallest absolute Gasteiger partial charge is 0.229 e. The van der Waals surface area contributed by atoms with Crippen LogP contribution in [0.5, 0.6) is 0 Å². The molecule has 1 aromatic rings. The molecule has 0 radical (unpaired) electrons. The van der Waals surface area contributed by atoms with Crippen molar-refractivity contribution in [3.8, 4) is 0 Å². The maximum absolute atomic E-state index is 12.3. The molecule has 24 heavy (non-hydrogen) atoms. The number of carbonyl (C=O) groups is 1. The third-order valence-corrected chi connectivity index (χ3v) is 4.35. The molecular weight excluding hydrogens is 304 g/mol. The highest BCUT2D eigenvalue weighted by Crippen LogP contribution is 2.21. The number of anilines is 1. The summed E-state index contributed by atoms with van der Waals surface area (Å²) in [6.45, 7) is 5.00. The summed E-state index contributed by atoms with van der Waals surface area (Å²) in [4.78, 5) is 18.8. The molecule has 0 spiro atoms. The molecule has 2 atom stereocenters. The van der Waals surface area contributed by atoms with Crippen LogP contribution in [-0.4, -0.2) is 50.3 Å². The van der Waals surface area contributed by atoms with Crippen LogP contribution in [-0.2, 0) is 9.53 Å². The molecule has 2 N–H and O–H groups in total. The Morgan fingerprint density at radius 2 is 2.21 bits per heavy atom. The third-order valence-electron chi connectivity index (χ3n) is 4.35. The number of aliphatic imine (C=N–C) groups is 1. The van der Waals surface area contributed by atoms with E-state index in [9.17, 15) is 4.79 Å². The highest BCUT2D eigenvalue weighted by atomic mass is 16.5. The zero-order valence-corrected chi connectivity index (χ0v) is 14.2. The minimum Gasteiger partial charge on any atom is -0.376 e. The molecule has 2 saturated heterocycles. The lowest BCUT2D eigenvalue weighted by Gasteiger charge is -2.19. The van der Waals surface area contributed by atoms with Crippen LogP contribution in [0.15, 0.2) is 35.3 Å². The molecule has 0 aliphatic carbocycles. The lowest BCUT2D eigenvalue weighted by atomic mass is 10.2. The molecule has 6 heteroatoms. The highest BCUT2D eigenvalue weighted by Gasteiger charge is 2.31. The molecule has 3 rings (SSSR count). The van der Waals surface area contributed by atoms with E-state index in [0.717, 1.165) is 37.6 Å². The highest BCUT2D eigenvalue weighted by molar-refractivity contribution is 5.97. The number of hydrogen-bond donors (Lipinski definition) is 2. The van der Waals surface area contributed by atoms with E-state index in [4.69, 9.17) is 4.74 Å². The van der Waals surface area contributed by atoms with Crippen molar-refractivity contribution >= 4 is 17.6 Å². The van der Waals surface area contributed by atoms with Crippen LogP contribution < -0.4 is 15.5 Å². The van der Waals surface area contributed by atoms with Crippen molar-refractivity contribution in [3.63, 3.8) is 0 Å². The Morgan fingerprint density at radius 3 is 2.92 bits per heavy atom. The van der Waals surface area contributed by atoms with Gasteiger partial charge < -0.3 is 20.3 Å². The Morgan fingerprint density at radius 1 is 1.38 bits per heavy atom. The van der Waals surface area contributed by atoms with Crippen molar-refractivity contribution in [3.05, 3.63) is 30.3 Å². The summed E-state index contributed by atoms with van der Waals surface area (Å²) in [6, 6.07) is 9.88. The zero-order valence-electron chi connectivity index (χ0n) is 14.2. The molecule has 2 fully saturated rings. The van der Waals surface area contributed by atoms with Crippen LogP contribution >= 0.6 is 0 Å². The van der Waals surface area contributed by atoms with Crippen LogP contribution in [0.3, 0.4) is 0 Å². The van der Waals surface area contributed by atoms with Gasteiger partial charge in [-0.1, -0.05) is 18.2 Å². The molecule has 6 nitrogen and oxygen atoms in total. The number of hydrogen-bond acceptors (Lipinski definition) is 3. The first-order valence-corrected chi connectivity index (χ1v) is 8.78. The molecule has 2 unspecified atom stereocenters. The first kappa shape index (κ1) is 16.8. The van der Waals surface area contributed by atoms with Gasteiger partial charge in [0.25, 0.3) is 0 Å². The minimum atomic E-state index is 0.0694. The first-order chi connectivity index (χ1) is 11.8. The number of ether oxygens (including phenoxy) is 1. The van der Waals surface area contributed by atoms with E-state index in [-0.39, 0.29) is 18.1 Å². The van der Waals surface area contributed by atoms with Gasteiger partial charge in [-0.15, -0.1) is 0 Å². The number of nitrogens with one attached hydrogen (secondary N) is 2. The van der Waals surface area contributed by atoms with E-state index in [1.165, 1.54) is 0 Å². The molecule has 2 aliphatic heterocycles. The Balaban J connectivity index is 1.58. The summed E-state index contributed by atoms with van der Waals surface area (Å²) in [5.41, 5.74) is 0.952. The maximum Gasteiger partial charge on any atom is 0.229 e. The number of para-hydroxylation sites is 1. The van der Waals surface area contributed by atoms with Crippen molar-refractivity contribution in [1.82, 2.24) is 10.6 Å². The topological polar surface area (TPSA) is 66.0 Å². The second-order valence-corrected chi connectivity index (χ2v) is 6.24. The van der Waals surface area contributed by atoms with Gasteiger partial charge in [0.2, 0.25) is 5.91 Å². The van der Waals surface area contributed by atoms with Crippen LogP contribution in [0, 0.1) is 0 Å². The van der Waals surface area contributed by atoms with Crippen LogP contribution in [0.25, 0.3) is 0 Å². The summed E-state index contributed by atoms with van der Waals surface area (Å²) in [5.74, 6) is 0.911. The van der Waals surface area contributed by atoms with Gasteiger partial charge in [0, 0.05) is 31.8 Å². The van der Waals surface area contributed by atoms with Crippen molar-refractivity contribution in [2.24, 2.45) is 4.99 Å². The van der Waals surface area contributed by atoms with Crippen molar-refractivity contribution in [2.75, 3.05) is 31.1 Å². The third kappa shape index (κ3) is 4.26. The maximum atomic E-state index is 12.3. The van der Waals surface area contributed by atoms with E-state index in [1.807, 2.05) is 42.2 Å². The van der Waals surface area contributed by atoms with Crippen LogP contribution in [0.1, 0.15) is 26.2 Å². The second kappa shape index (κ2) is 8.15. The summed E-state index contributed by atoms with van der Waals surface area (Å²) in [7, 11) is 0. The molecule has 130 valence electrons. The number of guanidine groups is 1. The van der Waals surface area contributed by atoms with Gasteiger partial charge in [0.1, 0.15) is 0 Å². The van der Waals surface area contributed by atoms with Crippen molar-refractivity contribution < 1.29 is 9.53 Å². The van der Waals surface area contributed by atoms with Gasteiger partial charge in [0.05, 0.1) is 18.7 Å². The number of nitrogens with zero attached hydrogens (tertiary/aromatic N) is 2. The van der Waals surface area contributed by atoms with Crippen molar-refractivity contribution in [2.45, 2.75) is 38.3 Å². The number of amides is 1. The fraction of sp³-hybridized carbons (Fsp3) is 0.556. The SMILES string of the molecule is CCNC(=NCC1CCCO1)NC1CC(=O)N(c2ccccc2)C1. The molecule has 1 amide bonds. The van der Waals surface area contributed by atoms with Gasteiger partial charge in [0.15, 0.2) is 5.96 Å². The molecule has 1 aromatic carbocycles. The van der Waals surface area contributed by atoms with E-state index >= 15 is 0 Å². The predicted molar refractivity (Wildman–Crippen MR) is 95.3 cm³/mol. The van der Waals surface area contributed by atoms with Gasteiger partial charge in [-0.2, -0.15) is 0 Å². The van der Waals surface area contributed by atoms with Gasteiger partial charge in [-0.05, 0) is 31.9 Å².